The molecule has 4 nitrogen and oxygen atoms in total. The third kappa shape index (κ3) is 32.3. The molecule has 0 aliphatic rings. The quantitative estimate of drug-likeness (QED) is 0.0486. The molecule has 0 aromatic carbocycles. The van der Waals surface area contributed by atoms with E-state index in [9.17, 15) is 14.1 Å². The number of carbonyl (C=O) groups excluding carboxylic acids is 2. The average Bonchev–Trinajstić information content (AvgIpc) is 2.86. The van der Waals surface area contributed by atoms with Gasteiger partial charge in [-0.1, -0.05) is 42.2 Å². The minimum absolute atomic E-state index is 0.167. The summed E-state index contributed by atoms with van der Waals surface area (Å²) in [4.78, 5) is 23.8. The van der Waals surface area contributed by atoms with Crippen LogP contribution in [0.5, 0.6) is 0 Å². The van der Waals surface area contributed by atoms with Crippen molar-refractivity contribution in [3.05, 3.63) is 0 Å². The second-order valence-corrected chi connectivity index (χ2v) is 23.1. The van der Waals surface area contributed by atoms with Gasteiger partial charge in [-0.05, 0) is 17.6 Å². The van der Waals surface area contributed by atoms with Gasteiger partial charge in [-0.25, -0.2) is 0 Å². The first-order chi connectivity index (χ1) is 17.6. The van der Waals surface area contributed by atoms with Crippen molar-refractivity contribution in [2.24, 2.45) is 0 Å². The molecular weight excluding hydrogens is 709 g/mol. The highest BCUT2D eigenvalue weighted by Gasteiger charge is 2.06. The fraction of sp³-hybridized carbons (Fsp3) is 0.895. The van der Waals surface area contributed by atoms with Crippen LogP contribution in [0.15, 0.2) is 0 Å². The maximum absolute atomic E-state index is 12.0. The van der Waals surface area contributed by atoms with Gasteiger partial charge in [-0.15, -0.1) is 106 Å². The van der Waals surface area contributed by atoms with E-state index in [4.69, 9.17) is 5.11 Å². The number of carbonyl (C=O) groups is 2. The Hall–Kier alpha value is 3.81. The second kappa shape index (κ2) is 33.3. The summed E-state index contributed by atoms with van der Waals surface area (Å²) in [5, 5.41) is 17.4. The molecule has 1 unspecified atom stereocenters. The summed E-state index contributed by atoms with van der Waals surface area (Å²) in [6.07, 6.45) is 0.989. The molecule has 1 N–H and O–H groups in total. The Kier molecular flexibility index (Phi) is 36.8. The van der Waals surface area contributed by atoms with Crippen molar-refractivity contribution in [1.29, 1.82) is 0 Å². The van der Waals surface area contributed by atoms with E-state index in [0.29, 0.717) is 11.5 Å². The van der Waals surface area contributed by atoms with Crippen LogP contribution in [-0.4, -0.2) is 100 Å². The number of rotatable bonds is 28. The Bertz CT molecular complexity index is 508. The van der Waals surface area contributed by atoms with E-state index in [1.807, 2.05) is 47.0 Å². The van der Waals surface area contributed by atoms with Crippen molar-refractivity contribution < 1.29 is 19.2 Å². The van der Waals surface area contributed by atoms with Crippen molar-refractivity contribution in [3.63, 3.8) is 0 Å². The summed E-state index contributed by atoms with van der Waals surface area (Å²) >= 11 is 19.8. The highest BCUT2D eigenvalue weighted by molar-refractivity contribution is 8.31. The third-order valence-electron chi connectivity index (χ3n) is 3.16. The summed E-state index contributed by atoms with van der Waals surface area (Å²) in [5.41, 5.74) is 0. The molecule has 0 amide bonds. The minimum atomic E-state index is -0.663. The smallest absolute Gasteiger partial charge is 0.199 e. The molecule has 214 valence electrons. The van der Waals surface area contributed by atoms with Gasteiger partial charge in [0.15, 0.2) is 15.3 Å². The van der Waals surface area contributed by atoms with Crippen LogP contribution < -0.4 is 0 Å². The van der Waals surface area contributed by atoms with Crippen LogP contribution in [0.4, 0.5) is 0 Å². The molecule has 0 fully saturated rings. The molecule has 0 heterocycles. The van der Waals surface area contributed by atoms with E-state index in [0.717, 1.165) is 69.4 Å². The molecule has 0 aromatic rings. The molecule has 1 atom stereocenters. The highest BCUT2D eigenvalue weighted by atomic mass is 32.3. The normalized spacial score (nSPS) is 12.2. The molecule has 0 aliphatic heterocycles. The average molecular weight is 745 g/mol. The third-order valence-corrected chi connectivity index (χ3v) is 19.7. The number of aliphatic hydroxyl groups is 1. The topological polar surface area (TPSA) is 77.4 Å². The number of hydrogen-bond acceptors (Lipinski definition) is 16. The molecule has 0 rings (SSSR count). The van der Waals surface area contributed by atoms with E-state index in [2.05, 4.69) is 6.92 Å². The zero-order chi connectivity index (χ0) is 26.5. The summed E-state index contributed by atoms with van der Waals surface area (Å²) in [6.45, 7) is 2.07. The Balaban J connectivity index is 3.27. The maximum Gasteiger partial charge on any atom is 0.199 e. The van der Waals surface area contributed by atoms with Crippen LogP contribution in [-0.2, 0) is 20.8 Å². The van der Waals surface area contributed by atoms with Crippen LogP contribution in [0.25, 0.3) is 0 Å². The van der Waals surface area contributed by atoms with Crippen molar-refractivity contribution >= 4 is 163 Å². The molecule has 0 aromatic heterocycles. The summed E-state index contributed by atoms with van der Waals surface area (Å²) in [5.74, 6) is 4.00. The first kappa shape index (κ1) is 39.8. The van der Waals surface area contributed by atoms with E-state index in [1.54, 1.807) is 58.8 Å². The fourth-order valence-electron chi connectivity index (χ4n) is 1.73. The van der Waals surface area contributed by atoms with Crippen LogP contribution in [0.1, 0.15) is 13.3 Å². The first-order valence-electron chi connectivity index (χ1n) is 10.6. The van der Waals surface area contributed by atoms with Gasteiger partial charge in [0.25, 0.3) is 0 Å². The number of thioether (sulfide) groups is 12. The predicted molar refractivity (Wildman–Crippen MR) is 195 cm³/mol. The SMILES string of the molecule is CCC[S+]([O-])CSCSCSCSCSC(=O)CSCSCSCSCC(=O)SCSCCSCO. The number of aliphatic hydroxyl groups excluding tert-OH is 1. The zero-order valence-electron chi connectivity index (χ0n) is 20.3. The van der Waals surface area contributed by atoms with E-state index in [1.165, 1.54) is 35.3 Å². The number of hydrogen-bond donors (Lipinski definition) is 1. The van der Waals surface area contributed by atoms with Crippen molar-refractivity contribution in [2.75, 3.05) is 80.5 Å². The molecule has 0 bridgehead atoms. The fourth-order valence-corrected chi connectivity index (χ4v) is 17.0. The lowest BCUT2D eigenvalue weighted by molar-refractivity contribution is -0.109. The van der Waals surface area contributed by atoms with E-state index < -0.39 is 11.2 Å². The molecule has 0 aliphatic carbocycles. The molecule has 36 heavy (non-hydrogen) atoms. The zero-order valence-corrected chi connectivity index (χ0v) is 30.9. The monoisotopic (exact) mass is 744 g/mol. The predicted octanol–water partition coefficient (Wildman–Crippen LogP) is 7.56. The second-order valence-electron chi connectivity index (χ2n) is 6.10. The van der Waals surface area contributed by atoms with Gasteiger partial charge in [-0.3, -0.25) is 9.59 Å². The van der Waals surface area contributed by atoms with Gasteiger partial charge >= 0.3 is 0 Å². The molecule has 0 saturated carbocycles. The van der Waals surface area contributed by atoms with Crippen LogP contribution in [0, 0.1) is 0 Å². The standard InChI is InChI=1S/C19H36O4S13/c1-2-5-36(23)17-33-14-31-12-30-13-32-16-35-19(22)7-27-10-29-11-28-9-26-6-18(21)34-15-25-4-3-24-8-20/h20H,2-17H2,1H3. The Morgan fingerprint density at radius 1 is 0.639 bits per heavy atom. The van der Waals surface area contributed by atoms with Crippen molar-refractivity contribution in [3.8, 4) is 0 Å². The lowest BCUT2D eigenvalue weighted by Crippen LogP contribution is -2.07. The largest absolute Gasteiger partial charge is 0.616 e. The lowest BCUT2D eigenvalue weighted by Gasteiger charge is -2.08. The summed E-state index contributed by atoms with van der Waals surface area (Å²) in [7, 11) is 0. The van der Waals surface area contributed by atoms with Crippen LogP contribution in [0.3, 0.4) is 0 Å². The summed E-state index contributed by atoms with van der Waals surface area (Å²) in [6, 6.07) is 0. The maximum atomic E-state index is 12.0. The van der Waals surface area contributed by atoms with Gasteiger partial charge in [0, 0.05) is 52.2 Å². The van der Waals surface area contributed by atoms with Crippen LogP contribution >= 0.6 is 141 Å². The molecule has 0 radical (unpaired) electrons. The molecule has 0 saturated heterocycles. The summed E-state index contributed by atoms with van der Waals surface area (Å²) < 4.78 is 11.5. The van der Waals surface area contributed by atoms with Crippen LogP contribution in [0.2, 0.25) is 0 Å². The lowest BCUT2D eigenvalue weighted by atomic mass is 10.6. The molecular formula is C19H36O4S13. The van der Waals surface area contributed by atoms with Crippen molar-refractivity contribution in [2.45, 2.75) is 13.3 Å². The van der Waals surface area contributed by atoms with Crippen molar-refractivity contribution in [1.82, 2.24) is 0 Å². The van der Waals surface area contributed by atoms with E-state index in [-0.39, 0.29) is 16.2 Å². The van der Waals surface area contributed by atoms with E-state index >= 15 is 0 Å². The van der Waals surface area contributed by atoms with Gasteiger partial charge in [0.1, 0.15) is 5.75 Å². The molecule has 17 heteroatoms. The molecule has 0 spiro atoms. The highest BCUT2D eigenvalue weighted by Crippen LogP contribution is 2.26. The Morgan fingerprint density at radius 2 is 1.08 bits per heavy atom. The minimum Gasteiger partial charge on any atom is -0.616 e. The first-order valence-corrected chi connectivity index (χ1v) is 25.6. The van der Waals surface area contributed by atoms with Gasteiger partial charge in [-0.2, -0.15) is 0 Å². The van der Waals surface area contributed by atoms with Gasteiger partial charge in [0.05, 0.1) is 17.4 Å². The Labute approximate surface area is 272 Å². The van der Waals surface area contributed by atoms with Gasteiger partial charge < -0.3 is 9.66 Å². The Morgan fingerprint density at radius 3 is 1.61 bits per heavy atom. The van der Waals surface area contributed by atoms with Gasteiger partial charge in [0.2, 0.25) is 0 Å².